The van der Waals surface area contributed by atoms with E-state index in [1.165, 1.54) is 0 Å². The number of amides is 1. The molecule has 0 aliphatic carbocycles. The fourth-order valence-corrected chi connectivity index (χ4v) is 1.74. The van der Waals surface area contributed by atoms with Crippen LogP contribution in [-0.2, 0) is 16.2 Å². The van der Waals surface area contributed by atoms with Crippen LogP contribution in [0, 0.1) is 0 Å². The summed E-state index contributed by atoms with van der Waals surface area (Å²) in [6, 6.07) is 5.41. The molecule has 0 atom stereocenters. The second kappa shape index (κ2) is 6.07. The Bertz CT molecular complexity index is 360. The minimum atomic E-state index is -0.516. The van der Waals surface area contributed by atoms with Crippen molar-refractivity contribution >= 4 is 33.4 Å². The van der Waals surface area contributed by atoms with E-state index in [1.807, 2.05) is 6.07 Å². The maximum atomic E-state index is 10.4. The van der Waals surface area contributed by atoms with Gasteiger partial charge in [-0.15, -0.1) is 0 Å². The first kappa shape index (κ1) is 12.4. The van der Waals surface area contributed by atoms with Crippen LogP contribution in [0.15, 0.2) is 22.7 Å². The summed E-state index contributed by atoms with van der Waals surface area (Å²) in [6.07, 6.45) is 0. The van der Waals surface area contributed by atoms with Gasteiger partial charge in [-0.2, -0.15) is 5.48 Å². The Labute approximate surface area is 101 Å². The Balaban J connectivity index is 2.40. The number of benzene rings is 1. The summed E-state index contributed by atoms with van der Waals surface area (Å²) in [4.78, 5) is 15.2. The van der Waals surface area contributed by atoms with Crippen LogP contribution >= 0.6 is 27.5 Å². The van der Waals surface area contributed by atoms with Gasteiger partial charge in [-0.3, -0.25) is 9.63 Å². The van der Waals surface area contributed by atoms with Crippen LogP contribution < -0.4 is 11.2 Å². The molecule has 6 heteroatoms. The number of rotatable bonds is 5. The second-order valence-corrected chi connectivity index (χ2v) is 4.10. The third-order valence-corrected chi connectivity index (χ3v) is 2.57. The zero-order valence-electron chi connectivity index (χ0n) is 7.80. The lowest BCUT2D eigenvalue weighted by Gasteiger charge is -2.06. The number of carbonyl (C=O) groups is 1. The normalized spacial score (nSPS) is 10.3. The third-order valence-electron chi connectivity index (χ3n) is 1.59. The first-order chi connectivity index (χ1) is 7.09. The van der Waals surface area contributed by atoms with E-state index in [4.69, 9.17) is 22.2 Å². The lowest BCUT2D eigenvalue weighted by molar-refractivity contribution is -0.125. The summed E-state index contributed by atoms with van der Waals surface area (Å²) in [5.41, 5.74) is 8.49. The largest absolute Gasteiger partial charge is 0.368 e. The van der Waals surface area contributed by atoms with Gasteiger partial charge in [-0.05, 0) is 17.7 Å². The van der Waals surface area contributed by atoms with E-state index in [0.717, 1.165) is 10.0 Å². The number of hydroxylamine groups is 1. The fourth-order valence-electron chi connectivity index (χ4n) is 0.916. The Morgan fingerprint density at radius 1 is 1.60 bits per heavy atom. The van der Waals surface area contributed by atoms with E-state index in [-0.39, 0.29) is 6.61 Å². The van der Waals surface area contributed by atoms with Gasteiger partial charge in [0.2, 0.25) is 5.91 Å². The minimum absolute atomic E-state index is 0.148. The molecule has 0 saturated heterocycles. The molecule has 0 aromatic heterocycles. The van der Waals surface area contributed by atoms with E-state index in [0.29, 0.717) is 11.6 Å². The second-order valence-electron chi connectivity index (χ2n) is 2.81. The summed E-state index contributed by atoms with van der Waals surface area (Å²) in [5, 5.41) is 0.656. The lowest BCUT2D eigenvalue weighted by Crippen LogP contribution is -2.24. The zero-order valence-corrected chi connectivity index (χ0v) is 10.1. The summed E-state index contributed by atoms with van der Waals surface area (Å²) in [6.45, 7) is 0.316. The Hall–Kier alpha value is -0.620. The van der Waals surface area contributed by atoms with Gasteiger partial charge < -0.3 is 5.73 Å². The van der Waals surface area contributed by atoms with Crippen LogP contribution in [0.4, 0.5) is 0 Å². The van der Waals surface area contributed by atoms with E-state index in [9.17, 15) is 4.79 Å². The van der Waals surface area contributed by atoms with Gasteiger partial charge in [0.25, 0.3) is 0 Å². The summed E-state index contributed by atoms with van der Waals surface area (Å²) >= 11 is 9.13. The SMILES string of the molecule is NC(=O)CONCc1ccc(Cl)cc1Br. The number of primary amides is 1. The molecular weight excluding hydrogens is 283 g/mol. The van der Waals surface area contributed by atoms with Crippen molar-refractivity contribution in [1.82, 2.24) is 5.48 Å². The van der Waals surface area contributed by atoms with E-state index in [2.05, 4.69) is 21.4 Å². The van der Waals surface area contributed by atoms with Crippen molar-refractivity contribution in [2.45, 2.75) is 6.54 Å². The quantitative estimate of drug-likeness (QED) is 0.640. The number of hydrogen-bond acceptors (Lipinski definition) is 3. The van der Waals surface area contributed by atoms with Gasteiger partial charge in [-0.25, -0.2) is 0 Å². The van der Waals surface area contributed by atoms with Crippen molar-refractivity contribution < 1.29 is 9.63 Å². The standard InChI is InChI=1S/C9H10BrClN2O2/c10-8-3-7(11)2-1-6(8)4-13-15-5-9(12)14/h1-3,13H,4-5H2,(H2,12,14). The van der Waals surface area contributed by atoms with Gasteiger partial charge in [0.15, 0.2) is 0 Å². The topological polar surface area (TPSA) is 64.4 Å². The monoisotopic (exact) mass is 292 g/mol. The Morgan fingerprint density at radius 3 is 2.93 bits per heavy atom. The van der Waals surface area contributed by atoms with Crippen LogP contribution in [0.2, 0.25) is 5.02 Å². The molecule has 0 spiro atoms. The molecule has 1 aromatic carbocycles. The first-order valence-electron chi connectivity index (χ1n) is 4.16. The molecule has 82 valence electrons. The molecule has 1 aromatic rings. The summed E-state index contributed by atoms with van der Waals surface area (Å²) < 4.78 is 0.880. The van der Waals surface area contributed by atoms with Crippen molar-refractivity contribution in [2.24, 2.45) is 5.73 Å². The average molecular weight is 294 g/mol. The predicted octanol–water partition coefficient (Wildman–Crippen LogP) is 1.61. The van der Waals surface area contributed by atoms with Gasteiger partial charge in [0.1, 0.15) is 6.61 Å². The minimum Gasteiger partial charge on any atom is -0.368 e. The van der Waals surface area contributed by atoms with Gasteiger partial charge >= 0.3 is 0 Å². The molecule has 1 rings (SSSR count). The summed E-state index contributed by atoms with van der Waals surface area (Å²) in [5.74, 6) is -0.516. The maximum Gasteiger partial charge on any atom is 0.245 e. The highest BCUT2D eigenvalue weighted by atomic mass is 79.9. The number of nitrogens with two attached hydrogens (primary N) is 1. The zero-order chi connectivity index (χ0) is 11.3. The molecular formula is C9H10BrClN2O2. The molecule has 0 heterocycles. The van der Waals surface area contributed by atoms with E-state index in [1.54, 1.807) is 12.1 Å². The van der Waals surface area contributed by atoms with Crippen LogP contribution in [0.25, 0.3) is 0 Å². The maximum absolute atomic E-state index is 10.4. The van der Waals surface area contributed by atoms with Crippen molar-refractivity contribution in [3.05, 3.63) is 33.3 Å². The predicted molar refractivity (Wildman–Crippen MR) is 61.1 cm³/mol. The smallest absolute Gasteiger partial charge is 0.245 e. The van der Waals surface area contributed by atoms with Gasteiger partial charge in [0.05, 0.1) is 0 Å². The Kier molecular flexibility index (Phi) is 5.04. The summed E-state index contributed by atoms with van der Waals surface area (Å²) in [7, 11) is 0. The van der Waals surface area contributed by atoms with Gasteiger partial charge in [-0.1, -0.05) is 33.6 Å². The van der Waals surface area contributed by atoms with E-state index >= 15 is 0 Å². The number of nitrogens with one attached hydrogen (secondary N) is 1. The van der Waals surface area contributed by atoms with Crippen LogP contribution in [0.3, 0.4) is 0 Å². The lowest BCUT2D eigenvalue weighted by atomic mass is 10.2. The van der Waals surface area contributed by atoms with Crippen molar-refractivity contribution in [3.63, 3.8) is 0 Å². The highest BCUT2D eigenvalue weighted by Gasteiger charge is 2.00. The fraction of sp³-hybridized carbons (Fsp3) is 0.222. The van der Waals surface area contributed by atoms with Crippen LogP contribution in [0.5, 0.6) is 0 Å². The molecule has 0 saturated carbocycles. The van der Waals surface area contributed by atoms with Gasteiger partial charge in [0, 0.05) is 16.0 Å². The first-order valence-corrected chi connectivity index (χ1v) is 5.33. The van der Waals surface area contributed by atoms with Crippen LogP contribution in [0.1, 0.15) is 5.56 Å². The molecule has 3 N–H and O–H groups in total. The molecule has 0 bridgehead atoms. The van der Waals surface area contributed by atoms with Crippen LogP contribution in [-0.4, -0.2) is 12.5 Å². The Morgan fingerprint density at radius 2 is 2.33 bits per heavy atom. The molecule has 4 nitrogen and oxygen atoms in total. The molecule has 1 amide bonds. The highest BCUT2D eigenvalue weighted by molar-refractivity contribution is 9.10. The molecule has 0 aliphatic heterocycles. The molecule has 0 fully saturated rings. The van der Waals surface area contributed by atoms with Crippen molar-refractivity contribution in [2.75, 3.05) is 6.61 Å². The van der Waals surface area contributed by atoms with E-state index < -0.39 is 5.91 Å². The third kappa shape index (κ3) is 4.61. The highest BCUT2D eigenvalue weighted by Crippen LogP contribution is 2.21. The number of hydrogen-bond donors (Lipinski definition) is 2. The molecule has 0 aliphatic rings. The average Bonchev–Trinajstić information content (AvgIpc) is 2.14. The molecule has 0 unspecified atom stereocenters. The van der Waals surface area contributed by atoms with Crippen molar-refractivity contribution in [1.29, 1.82) is 0 Å². The number of halogens is 2. The molecule has 15 heavy (non-hydrogen) atoms. The molecule has 0 radical (unpaired) electrons. The number of carbonyl (C=O) groups excluding carboxylic acids is 1. The van der Waals surface area contributed by atoms with Crippen molar-refractivity contribution in [3.8, 4) is 0 Å².